The van der Waals surface area contributed by atoms with Crippen molar-refractivity contribution in [1.29, 1.82) is 0 Å². The monoisotopic (exact) mass is 555 g/mol. The highest BCUT2D eigenvalue weighted by atomic mass is 15.0. The maximum atomic E-state index is 2.54. The summed E-state index contributed by atoms with van der Waals surface area (Å²) in [6.07, 6.45) is 0. The summed E-state index contributed by atoms with van der Waals surface area (Å²) >= 11 is 0. The van der Waals surface area contributed by atoms with Crippen LogP contribution in [0.25, 0.3) is 49.7 Å². The SMILES string of the molecule is Cc1ccccc1.Cc1ccccc1-c1ccc2c3ccc4c(c3n(-c3ccccc3)c2c1C)C(C)(C)c1ccccc1-4. The van der Waals surface area contributed by atoms with Crippen molar-refractivity contribution in [2.45, 2.75) is 40.0 Å². The summed E-state index contributed by atoms with van der Waals surface area (Å²) in [4.78, 5) is 0. The molecular weight excluding hydrogens is 518 g/mol. The predicted molar refractivity (Wildman–Crippen MR) is 184 cm³/mol. The molecule has 1 heteroatoms. The Morgan fingerprint density at radius 3 is 1.67 bits per heavy atom. The van der Waals surface area contributed by atoms with Crippen molar-refractivity contribution in [2.75, 3.05) is 0 Å². The van der Waals surface area contributed by atoms with Crippen molar-refractivity contribution in [3.05, 3.63) is 161 Å². The zero-order valence-corrected chi connectivity index (χ0v) is 25.6. The van der Waals surface area contributed by atoms with Crippen LogP contribution in [-0.4, -0.2) is 4.57 Å². The molecule has 210 valence electrons. The van der Waals surface area contributed by atoms with Crippen LogP contribution in [-0.2, 0) is 5.41 Å². The van der Waals surface area contributed by atoms with Gasteiger partial charge in [0, 0.05) is 21.9 Å². The lowest BCUT2D eigenvalue weighted by Gasteiger charge is -2.24. The maximum Gasteiger partial charge on any atom is 0.0588 e. The molecule has 43 heavy (non-hydrogen) atoms. The molecule has 1 aliphatic carbocycles. The van der Waals surface area contributed by atoms with Gasteiger partial charge in [-0.1, -0.05) is 141 Å². The molecule has 0 saturated heterocycles. The molecule has 8 rings (SSSR count). The van der Waals surface area contributed by atoms with Crippen LogP contribution in [0.1, 0.15) is 41.7 Å². The number of hydrogen-bond donors (Lipinski definition) is 0. The predicted octanol–water partition coefficient (Wildman–Crippen LogP) is 11.4. The molecule has 1 heterocycles. The summed E-state index contributed by atoms with van der Waals surface area (Å²) in [6.45, 7) is 11.4. The fourth-order valence-electron chi connectivity index (χ4n) is 7.15. The molecule has 0 radical (unpaired) electrons. The Morgan fingerprint density at radius 1 is 0.465 bits per heavy atom. The molecule has 1 nitrogen and oxygen atoms in total. The van der Waals surface area contributed by atoms with Crippen LogP contribution in [0.15, 0.2) is 133 Å². The molecule has 0 unspecified atom stereocenters. The van der Waals surface area contributed by atoms with E-state index in [-0.39, 0.29) is 5.41 Å². The zero-order valence-electron chi connectivity index (χ0n) is 25.6. The van der Waals surface area contributed by atoms with Gasteiger partial charge in [-0.3, -0.25) is 0 Å². The van der Waals surface area contributed by atoms with Gasteiger partial charge in [0.15, 0.2) is 0 Å². The van der Waals surface area contributed by atoms with E-state index < -0.39 is 0 Å². The van der Waals surface area contributed by atoms with E-state index in [1.165, 1.54) is 77.6 Å². The number of hydrogen-bond acceptors (Lipinski definition) is 0. The van der Waals surface area contributed by atoms with E-state index in [4.69, 9.17) is 0 Å². The molecule has 1 aliphatic rings. The average Bonchev–Trinajstić information content (AvgIpc) is 3.49. The number of fused-ring (bicyclic) bond motifs is 7. The largest absolute Gasteiger partial charge is 0.309 e. The quantitative estimate of drug-likeness (QED) is 0.200. The Bertz CT molecular complexity index is 2110. The van der Waals surface area contributed by atoms with Crippen molar-refractivity contribution in [2.24, 2.45) is 0 Å². The van der Waals surface area contributed by atoms with Gasteiger partial charge in [-0.15, -0.1) is 0 Å². The second kappa shape index (κ2) is 10.4. The lowest BCUT2D eigenvalue weighted by Crippen LogP contribution is -2.16. The highest BCUT2D eigenvalue weighted by Gasteiger charge is 2.38. The van der Waals surface area contributed by atoms with Gasteiger partial charge in [-0.2, -0.15) is 0 Å². The molecule has 0 fully saturated rings. The molecule has 6 aromatic carbocycles. The summed E-state index contributed by atoms with van der Waals surface area (Å²) in [7, 11) is 0. The van der Waals surface area contributed by atoms with Gasteiger partial charge >= 0.3 is 0 Å². The smallest absolute Gasteiger partial charge is 0.0588 e. The topological polar surface area (TPSA) is 4.93 Å². The minimum absolute atomic E-state index is 0.0842. The van der Waals surface area contributed by atoms with Crippen molar-refractivity contribution in [3.63, 3.8) is 0 Å². The van der Waals surface area contributed by atoms with E-state index >= 15 is 0 Å². The van der Waals surface area contributed by atoms with Crippen molar-refractivity contribution >= 4 is 21.8 Å². The van der Waals surface area contributed by atoms with Crippen LogP contribution < -0.4 is 0 Å². The van der Waals surface area contributed by atoms with Gasteiger partial charge in [0.1, 0.15) is 0 Å². The Hall–Kier alpha value is -4.88. The number of aromatic nitrogens is 1. The van der Waals surface area contributed by atoms with E-state index in [1.807, 2.05) is 18.2 Å². The molecule has 0 N–H and O–H groups in total. The van der Waals surface area contributed by atoms with Crippen molar-refractivity contribution in [1.82, 2.24) is 4.57 Å². The second-order valence-corrected chi connectivity index (χ2v) is 12.3. The Kier molecular flexibility index (Phi) is 6.55. The van der Waals surface area contributed by atoms with Gasteiger partial charge in [-0.25, -0.2) is 0 Å². The van der Waals surface area contributed by atoms with Gasteiger partial charge in [-0.05, 0) is 77.4 Å². The molecule has 0 aliphatic heterocycles. The van der Waals surface area contributed by atoms with E-state index in [0.29, 0.717) is 0 Å². The summed E-state index contributed by atoms with van der Waals surface area (Å²) in [5, 5.41) is 2.64. The fraction of sp³-hybridized carbons (Fsp3) is 0.143. The first-order valence-electron chi connectivity index (χ1n) is 15.2. The number of benzene rings is 6. The molecule has 7 aromatic rings. The minimum Gasteiger partial charge on any atom is -0.309 e. The van der Waals surface area contributed by atoms with E-state index in [9.17, 15) is 0 Å². The number of aryl methyl sites for hydroxylation is 3. The standard InChI is InChI=1S/C35H29N.C7H8/c1-22-12-8-9-15-25(22)26-18-20-29-30-21-19-28-27-16-10-11-17-31(27)35(3,4)32(28)34(30)36(33(29)23(26)2)24-13-6-5-7-14-24;1-7-5-3-2-4-6-7/h5-21H,1-4H3;2-6H,1H3. The fourth-order valence-corrected chi connectivity index (χ4v) is 7.15. The number of rotatable bonds is 2. The highest BCUT2D eigenvalue weighted by molar-refractivity contribution is 6.15. The van der Waals surface area contributed by atoms with Crippen molar-refractivity contribution < 1.29 is 0 Å². The molecule has 0 atom stereocenters. The number of para-hydroxylation sites is 1. The van der Waals surface area contributed by atoms with Gasteiger partial charge in [0.25, 0.3) is 0 Å². The molecule has 0 saturated carbocycles. The minimum atomic E-state index is -0.0842. The van der Waals surface area contributed by atoms with Gasteiger partial charge < -0.3 is 4.57 Å². The normalized spacial score (nSPS) is 13.0. The Balaban J connectivity index is 0.000000379. The Labute approximate surface area is 255 Å². The summed E-state index contributed by atoms with van der Waals surface area (Å²) < 4.78 is 2.54. The van der Waals surface area contributed by atoms with Crippen LogP contribution >= 0.6 is 0 Å². The lowest BCUT2D eigenvalue weighted by molar-refractivity contribution is 0.664. The third kappa shape index (κ3) is 4.31. The molecule has 0 bridgehead atoms. The van der Waals surface area contributed by atoms with Crippen LogP contribution in [0.5, 0.6) is 0 Å². The van der Waals surface area contributed by atoms with Gasteiger partial charge in [0.05, 0.1) is 11.0 Å². The van der Waals surface area contributed by atoms with Gasteiger partial charge in [0.2, 0.25) is 0 Å². The molecule has 0 spiro atoms. The van der Waals surface area contributed by atoms with Crippen LogP contribution in [0, 0.1) is 20.8 Å². The lowest BCUT2D eigenvalue weighted by atomic mass is 9.81. The third-order valence-electron chi connectivity index (χ3n) is 9.25. The first kappa shape index (κ1) is 27.0. The summed E-state index contributed by atoms with van der Waals surface area (Å²) in [6, 6.07) is 48.2. The summed E-state index contributed by atoms with van der Waals surface area (Å²) in [5.41, 5.74) is 15.9. The Morgan fingerprint density at radius 2 is 1.02 bits per heavy atom. The molecule has 1 aromatic heterocycles. The summed E-state index contributed by atoms with van der Waals surface area (Å²) in [5.74, 6) is 0. The third-order valence-corrected chi connectivity index (χ3v) is 9.25. The molecular formula is C42H37N. The first-order chi connectivity index (χ1) is 20.9. The van der Waals surface area contributed by atoms with E-state index in [0.717, 1.165) is 0 Å². The number of nitrogens with zero attached hydrogens (tertiary/aromatic N) is 1. The van der Waals surface area contributed by atoms with Crippen LogP contribution in [0.4, 0.5) is 0 Å². The second-order valence-electron chi connectivity index (χ2n) is 12.3. The van der Waals surface area contributed by atoms with Crippen LogP contribution in [0.3, 0.4) is 0 Å². The average molecular weight is 556 g/mol. The highest BCUT2D eigenvalue weighted by Crippen LogP contribution is 2.53. The van der Waals surface area contributed by atoms with E-state index in [1.54, 1.807) is 0 Å². The maximum absolute atomic E-state index is 2.54. The van der Waals surface area contributed by atoms with E-state index in [2.05, 4.69) is 154 Å². The molecule has 0 amide bonds. The van der Waals surface area contributed by atoms with Crippen molar-refractivity contribution in [3.8, 4) is 27.9 Å². The van der Waals surface area contributed by atoms with Crippen LogP contribution in [0.2, 0.25) is 0 Å². The zero-order chi connectivity index (χ0) is 29.7. The first-order valence-corrected chi connectivity index (χ1v) is 15.2.